The monoisotopic (exact) mass is 587 g/mol. The van der Waals surface area contributed by atoms with Crippen LogP contribution >= 0.6 is 0 Å². The number of allylic oxidation sites excluding steroid dienone is 4. The third-order valence-electron chi connectivity index (χ3n) is 10.8. The van der Waals surface area contributed by atoms with E-state index in [1.165, 1.54) is 12.2 Å². The fraction of sp³-hybridized carbons (Fsp3) is 0.636. The molecule has 7 nitrogen and oxygen atoms in total. The van der Waals surface area contributed by atoms with Crippen molar-refractivity contribution in [2.45, 2.75) is 77.4 Å². The minimum Gasteiger partial charge on any atom is -0.494 e. The van der Waals surface area contributed by atoms with Crippen LogP contribution in [0.1, 0.15) is 58.4 Å². The normalized spacial score (nSPS) is 39.0. The molecule has 0 aromatic heterocycles. The molecule has 0 saturated heterocycles. The standard InChI is InChI=1S/C33H43F2NO6/c1-4-5-12-42-23-8-6-20(7-9-23)17-36(41)18-21-13-24-25-15-27(34)26-14-22(38)10-11-32(26,3)33(25,35)29(40)16-31(24,2)30(21)28(39)19-37/h6-11,14,21,24-25,27,29-30,37,40-41H,4-5,12-13,15-19H2,1-3H3/t21-,24?,25-,27-,29-,30+,31-,32-,33-/m0/s1. The summed E-state index contributed by atoms with van der Waals surface area (Å²) in [5.41, 5.74) is -3.77. The van der Waals surface area contributed by atoms with Gasteiger partial charge < -0.3 is 20.2 Å². The number of carbonyl (C=O) groups excluding carboxylic acids is 2. The number of aliphatic hydroxyl groups excluding tert-OH is 2. The first kappa shape index (κ1) is 31.0. The van der Waals surface area contributed by atoms with Crippen molar-refractivity contribution in [2.24, 2.45) is 34.5 Å². The molecule has 9 heteroatoms. The van der Waals surface area contributed by atoms with Gasteiger partial charge in [-0.05, 0) is 85.3 Å². The molecule has 0 bridgehead atoms. The Morgan fingerprint density at radius 1 is 1.17 bits per heavy atom. The lowest BCUT2D eigenvalue weighted by Gasteiger charge is -2.62. The fourth-order valence-electron chi connectivity index (χ4n) is 8.87. The van der Waals surface area contributed by atoms with Crippen LogP contribution in [-0.4, -0.2) is 69.8 Å². The maximum Gasteiger partial charge on any atom is 0.178 e. The number of carbonyl (C=O) groups is 2. The number of aliphatic hydroxyl groups is 2. The summed E-state index contributed by atoms with van der Waals surface area (Å²) in [6.45, 7) is 5.67. The number of halogens is 2. The zero-order valence-corrected chi connectivity index (χ0v) is 24.6. The van der Waals surface area contributed by atoms with E-state index < -0.39 is 70.6 Å². The van der Waals surface area contributed by atoms with Gasteiger partial charge >= 0.3 is 0 Å². The second-order valence-corrected chi connectivity index (χ2v) is 13.2. The summed E-state index contributed by atoms with van der Waals surface area (Å²) in [7, 11) is 0. The number of rotatable bonds is 10. The van der Waals surface area contributed by atoms with Crippen LogP contribution in [0.25, 0.3) is 0 Å². The van der Waals surface area contributed by atoms with E-state index in [0.29, 0.717) is 13.0 Å². The van der Waals surface area contributed by atoms with E-state index in [1.807, 2.05) is 31.2 Å². The summed E-state index contributed by atoms with van der Waals surface area (Å²) in [6.07, 6.45) is 2.78. The number of hydroxylamine groups is 2. The SMILES string of the molecule is CCCCOc1ccc(CN(O)C[C@@H]2CC3[C@@H]4C[C@H](F)C5=CC(=O)C=C[C@]5(C)[C@@]4(F)[C@@H](O)C[C@]3(C)[C@H]2C(=O)CO)cc1. The van der Waals surface area contributed by atoms with E-state index >= 15 is 8.78 Å². The fourth-order valence-corrected chi connectivity index (χ4v) is 8.87. The van der Waals surface area contributed by atoms with Gasteiger partial charge in [0.1, 0.15) is 18.5 Å². The van der Waals surface area contributed by atoms with Crippen LogP contribution < -0.4 is 4.74 Å². The lowest BCUT2D eigenvalue weighted by molar-refractivity contribution is -0.202. The molecule has 230 valence electrons. The number of hydrogen-bond donors (Lipinski definition) is 3. The highest BCUT2D eigenvalue weighted by molar-refractivity contribution is 6.01. The quantitative estimate of drug-likeness (QED) is 0.267. The number of unbranched alkanes of at least 4 members (excludes halogenated alkanes) is 1. The Kier molecular flexibility index (Phi) is 8.53. The lowest BCUT2D eigenvalue weighted by atomic mass is 9.45. The highest BCUT2D eigenvalue weighted by atomic mass is 19.1. The second kappa shape index (κ2) is 11.6. The molecule has 9 atom stereocenters. The Hall–Kier alpha value is -2.46. The van der Waals surface area contributed by atoms with Gasteiger partial charge in [-0.2, -0.15) is 5.06 Å². The summed E-state index contributed by atoms with van der Waals surface area (Å²) in [5, 5.41) is 33.5. The second-order valence-electron chi connectivity index (χ2n) is 13.2. The Morgan fingerprint density at radius 2 is 1.88 bits per heavy atom. The molecular formula is C33H43F2NO6. The number of hydrogen-bond acceptors (Lipinski definition) is 7. The van der Waals surface area contributed by atoms with Crippen molar-refractivity contribution in [1.29, 1.82) is 0 Å². The van der Waals surface area contributed by atoms with Crippen molar-refractivity contribution in [3.05, 3.63) is 53.6 Å². The van der Waals surface area contributed by atoms with Crippen LogP contribution in [0.4, 0.5) is 8.78 Å². The molecule has 3 saturated carbocycles. The lowest BCUT2D eigenvalue weighted by Crippen LogP contribution is -2.68. The summed E-state index contributed by atoms with van der Waals surface area (Å²) < 4.78 is 38.8. The smallest absolute Gasteiger partial charge is 0.178 e. The third-order valence-corrected chi connectivity index (χ3v) is 10.8. The topological polar surface area (TPSA) is 107 Å². The molecule has 42 heavy (non-hydrogen) atoms. The van der Waals surface area contributed by atoms with Crippen molar-refractivity contribution in [3.63, 3.8) is 0 Å². The molecular weight excluding hydrogens is 544 g/mol. The zero-order valence-electron chi connectivity index (χ0n) is 24.6. The summed E-state index contributed by atoms with van der Waals surface area (Å²) in [5.74, 6) is -2.68. The van der Waals surface area contributed by atoms with Gasteiger partial charge in [0.15, 0.2) is 17.2 Å². The molecule has 0 spiro atoms. The molecule has 1 aromatic carbocycles. The Morgan fingerprint density at radius 3 is 2.55 bits per heavy atom. The van der Waals surface area contributed by atoms with Crippen LogP contribution in [-0.2, 0) is 16.1 Å². The molecule has 0 radical (unpaired) electrons. The van der Waals surface area contributed by atoms with Crippen molar-refractivity contribution >= 4 is 11.6 Å². The Labute approximate surface area is 246 Å². The van der Waals surface area contributed by atoms with Crippen molar-refractivity contribution < 1.29 is 38.5 Å². The van der Waals surface area contributed by atoms with E-state index in [-0.39, 0.29) is 31.5 Å². The van der Waals surface area contributed by atoms with Crippen LogP contribution in [0, 0.1) is 34.5 Å². The first-order valence-corrected chi connectivity index (χ1v) is 15.1. The number of fused-ring (bicyclic) bond motifs is 5. The van der Waals surface area contributed by atoms with E-state index in [9.17, 15) is 25.0 Å². The van der Waals surface area contributed by atoms with Crippen molar-refractivity contribution in [3.8, 4) is 5.75 Å². The molecule has 4 aliphatic rings. The van der Waals surface area contributed by atoms with Gasteiger partial charge in [0.25, 0.3) is 0 Å². The minimum absolute atomic E-state index is 0.0515. The average Bonchev–Trinajstić information content (AvgIpc) is 3.23. The van der Waals surface area contributed by atoms with Crippen molar-refractivity contribution in [2.75, 3.05) is 19.8 Å². The molecule has 3 N–H and O–H groups in total. The van der Waals surface area contributed by atoms with Crippen molar-refractivity contribution in [1.82, 2.24) is 5.06 Å². The number of nitrogens with zero attached hydrogens (tertiary/aromatic N) is 1. The van der Waals surface area contributed by atoms with E-state index in [4.69, 9.17) is 4.74 Å². The predicted molar refractivity (Wildman–Crippen MR) is 152 cm³/mol. The molecule has 4 aliphatic carbocycles. The number of Topliss-reactive ketones (excluding diaryl/α,β-unsaturated/α-hetero) is 1. The van der Waals surface area contributed by atoms with Gasteiger partial charge in [-0.1, -0.05) is 38.5 Å². The molecule has 3 fully saturated rings. The van der Waals surface area contributed by atoms with Gasteiger partial charge in [-0.15, -0.1) is 0 Å². The maximum absolute atomic E-state index is 17.4. The first-order chi connectivity index (χ1) is 19.9. The van der Waals surface area contributed by atoms with E-state index in [1.54, 1.807) is 6.92 Å². The maximum atomic E-state index is 17.4. The third kappa shape index (κ3) is 4.96. The Balaban J connectivity index is 1.39. The minimum atomic E-state index is -2.25. The first-order valence-electron chi connectivity index (χ1n) is 15.1. The van der Waals surface area contributed by atoms with Gasteiger partial charge in [0.2, 0.25) is 0 Å². The molecule has 0 amide bonds. The largest absolute Gasteiger partial charge is 0.494 e. The van der Waals surface area contributed by atoms with Gasteiger partial charge in [0.05, 0.1) is 12.7 Å². The highest BCUT2D eigenvalue weighted by Gasteiger charge is 2.73. The molecule has 5 rings (SSSR count). The zero-order chi connectivity index (χ0) is 30.4. The Bertz CT molecular complexity index is 1250. The predicted octanol–water partition coefficient (Wildman–Crippen LogP) is 4.78. The van der Waals surface area contributed by atoms with E-state index in [2.05, 4.69) is 6.92 Å². The summed E-state index contributed by atoms with van der Waals surface area (Å²) in [4.78, 5) is 25.3. The van der Waals surface area contributed by atoms with Crippen LogP contribution in [0.5, 0.6) is 5.75 Å². The molecule has 0 heterocycles. The number of benzene rings is 1. The summed E-state index contributed by atoms with van der Waals surface area (Å²) in [6, 6.07) is 7.42. The van der Waals surface area contributed by atoms with Gasteiger partial charge in [0, 0.05) is 30.3 Å². The molecule has 1 unspecified atom stereocenters. The van der Waals surface area contributed by atoms with Gasteiger partial charge in [-0.3, -0.25) is 9.59 Å². The van der Waals surface area contributed by atoms with Crippen LogP contribution in [0.3, 0.4) is 0 Å². The highest BCUT2D eigenvalue weighted by Crippen LogP contribution is 2.70. The molecule has 1 aromatic rings. The number of ketones is 2. The average molecular weight is 588 g/mol. The van der Waals surface area contributed by atoms with Crippen LogP contribution in [0.2, 0.25) is 0 Å². The van der Waals surface area contributed by atoms with Crippen LogP contribution in [0.15, 0.2) is 48.1 Å². The number of ether oxygens (including phenoxy) is 1. The summed E-state index contributed by atoms with van der Waals surface area (Å²) >= 11 is 0. The van der Waals surface area contributed by atoms with Gasteiger partial charge in [-0.25, -0.2) is 8.78 Å². The molecule has 0 aliphatic heterocycles. The van der Waals surface area contributed by atoms with E-state index in [0.717, 1.165) is 35.3 Å². The number of alkyl halides is 2.